The maximum atomic E-state index is 13.4. The summed E-state index contributed by atoms with van der Waals surface area (Å²) in [4.78, 5) is 0.201. The third-order valence-electron chi connectivity index (χ3n) is 4.64. The Morgan fingerprint density at radius 3 is 2.13 bits per heavy atom. The highest BCUT2D eigenvalue weighted by atomic mass is 32.2. The number of rotatable bonds is 8. The van der Waals surface area contributed by atoms with Crippen molar-refractivity contribution in [2.24, 2.45) is 0 Å². The smallest absolute Gasteiger partial charge is 0.175 e. The molecule has 0 amide bonds. The van der Waals surface area contributed by atoms with Crippen molar-refractivity contribution >= 4 is 21.1 Å². The summed E-state index contributed by atoms with van der Waals surface area (Å²) in [5.41, 5.74) is 3.28. The van der Waals surface area contributed by atoms with E-state index in [1.54, 1.807) is 30.5 Å². The molecule has 0 unspecified atom stereocenters. The van der Waals surface area contributed by atoms with Crippen molar-refractivity contribution < 1.29 is 12.8 Å². The molecule has 0 saturated heterocycles. The molecule has 0 spiro atoms. The summed E-state index contributed by atoms with van der Waals surface area (Å²) in [6, 6.07) is 22.2. The normalized spacial score (nSPS) is 11.9. The zero-order valence-corrected chi connectivity index (χ0v) is 17.4. The maximum absolute atomic E-state index is 13.4. The molecule has 0 fully saturated rings. The van der Waals surface area contributed by atoms with E-state index in [0.29, 0.717) is 23.2 Å². The quantitative estimate of drug-likeness (QED) is 0.416. The molecule has 0 bridgehead atoms. The fourth-order valence-electron chi connectivity index (χ4n) is 2.99. The first-order valence-corrected chi connectivity index (χ1v) is 11.4. The van der Waals surface area contributed by atoms with Crippen molar-refractivity contribution in [3.05, 3.63) is 108 Å². The Hall–Kier alpha value is -3.25. The summed E-state index contributed by atoms with van der Waals surface area (Å²) in [5, 5.41) is 11.9. The van der Waals surface area contributed by atoms with Gasteiger partial charge in [-0.1, -0.05) is 54.6 Å². The molecule has 0 aliphatic rings. The molecule has 0 heterocycles. The lowest BCUT2D eigenvalue weighted by Crippen LogP contribution is -2.13. The topological polar surface area (TPSA) is 70.0 Å². The molecule has 0 aliphatic heterocycles. The van der Waals surface area contributed by atoms with Gasteiger partial charge in [-0.05, 0) is 41.8 Å². The average Bonchev–Trinajstić information content (AvgIpc) is 2.74. The first-order chi connectivity index (χ1) is 14.3. The van der Waals surface area contributed by atoms with E-state index in [4.69, 9.17) is 5.41 Å². The van der Waals surface area contributed by atoms with Crippen molar-refractivity contribution in [3.63, 3.8) is 0 Å². The van der Waals surface area contributed by atoms with Crippen LogP contribution in [0.3, 0.4) is 0 Å². The molecule has 0 aromatic heterocycles. The number of nitrogens with one attached hydrogen (secondary N) is 2. The molecule has 3 aromatic rings. The van der Waals surface area contributed by atoms with Gasteiger partial charge in [0.05, 0.1) is 10.6 Å². The molecule has 6 heteroatoms. The standard InChI is InChI=1S/C24H23FN2O2S/c1-30(28,29)22-13-9-20(10-14-22)24(26)23(19-7-11-21(25)12-8-19)17-27-16-15-18-5-3-2-4-6-18/h2-14,17,26-27H,15-16H2,1H3/b23-17-,26-24?. The number of halogens is 1. The highest BCUT2D eigenvalue weighted by Crippen LogP contribution is 2.21. The summed E-state index contributed by atoms with van der Waals surface area (Å²) in [7, 11) is -3.31. The minimum atomic E-state index is -3.31. The van der Waals surface area contributed by atoms with Crippen LogP contribution in [0.5, 0.6) is 0 Å². The Kier molecular flexibility index (Phi) is 6.79. The van der Waals surface area contributed by atoms with Gasteiger partial charge in [0.2, 0.25) is 0 Å². The molecule has 0 radical (unpaired) electrons. The third kappa shape index (κ3) is 5.64. The van der Waals surface area contributed by atoms with Crippen LogP contribution in [0.15, 0.2) is 90.0 Å². The minimum absolute atomic E-state index is 0.201. The number of allylic oxidation sites excluding steroid dienone is 1. The molecule has 0 saturated carbocycles. The first-order valence-electron chi connectivity index (χ1n) is 9.47. The first kappa shape index (κ1) is 21.5. The van der Waals surface area contributed by atoms with E-state index in [9.17, 15) is 12.8 Å². The monoisotopic (exact) mass is 422 g/mol. The lowest BCUT2D eigenvalue weighted by Gasteiger charge is -2.12. The molecule has 0 atom stereocenters. The maximum Gasteiger partial charge on any atom is 0.175 e. The summed E-state index contributed by atoms with van der Waals surface area (Å²) >= 11 is 0. The fourth-order valence-corrected chi connectivity index (χ4v) is 3.62. The Morgan fingerprint density at radius 1 is 0.933 bits per heavy atom. The van der Waals surface area contributed by atoms with Gasteiger partial charge in [-0.2, -0.15) is 0 Å². The molecule has 30 heavy (non-hydrogen) atoms. The minimum Gasteiger partial charge on any atom is -0.390 e. The number of hydrogen-bond donors (Lipinski definition) is 2. The largest absolute Gasteiger partial charge is 0.390 e. The van der Waals surface area contributed by atoms with Crippen LogP contribution in [0.1, 0.15) is 16.7 Å². The lowest BCUT2D eigenvalue weighted by molar-refractivity contribution is 0.602. The van der Waals surface area contributed by atoms with Crippen LogP contribution in [0, 0.1) is 11.2 Å². The summed E-state index contributed by atoms with van der Waals surface area (Å²) in [6.07, 6.45) is 3.72. The van der Waals surface area contributed by atoms with E-state index in [-0.39, 0.29) is 16.4 Å². The molecular formula is C24H23FN2O2S. The van der Waals surface area contributed by atoms with Crippen LogP contribution in [0.2, 0.25) is 0 Å². The van der Waals surface area contributed by atoms with Crippen molar-refractivity contribution in [2.45, 2.75) is 11.3 Å². The summed E-state index contributed by atoms with van der Waals surface area (Å²) in [5.74, 6) is -0.348. The second-order valence-corrected chi connectivity index (χ2v) is 8.94. The van der Waals surface area contributed by atoms with Crippen LogP contribution < -0.4 is 5.32 Å². The molecule has 3 aromatic carbocycles. The van der Waals surface area contributed by atoms with Gasteiger partial charge < -0.3 is 5.32 Å². The Balaban J connectivity index is 1.83. The van der Waals surface area contributed by atoms with Crippen molar-refractivity contribution in [2.75, 3.05) is 12.8 Å². The van der Waals surface area contributed by atoms with Gasteiger partial charge >= 0.3 is 0 Å². The number of hydrogen-bond acceptors (Lipinski definition) is 4. The zero-order valence-electron chi connectivity index (χ0n) is 16.6. The van der Waals surface area contributed by atoms with E-state index in [1.165, 1.54) is 29.8 Å². The Morgan fingerprint density at radius 2 is 1.53 bits per heavy atom. The lowest BCUT2D eigenvalue weighted by atomic mass is 9.96. The molecular weight excluding hydrogens is 399 g/mol. The van der Waals surface area contributed by atoms with E-state index in [2.05, 4.69) is 17.4 Å². The predicted molar refractivity (Wildman–Crippen MR) is 119 cm³/mol. The number of benzene rings is 3. The van der Waals surface area contributed by atoms with Gasteiger partial charge in [0, 0.05) is 30.1 Å². The summed E-state index contributed by atoms with van der Waals surface area (Å²) in [6.45, 7) is 0.676. The predicted octanol–water partition coefficient (Wildman–Crippen LogP) is 4.47. The van der Waals surface area contributed by atoms with E-state index < -0.39 is 9.84 Å². The third-order valence-corrected chi connectivity index (χ3v) is 5.77. The average molecular weight is 423 g/mol. The van der Waals surface area contributed by atoms with E-state index >= 15 is 0 Å². The van der Waals surface area contributed by atoms with Gasteiger partial charge in [0.15, 0.2) is 9.84 Å². The molecule has 4 nitrogen and oxygen atoms in total. The Bertz CT molecular complexity index is 1140. The highest BCUT2D eigenvalue weighted by molar-refractivity contribution is 7.90. The second-order valence-electron chi connectivity index (χ2n) is 6.93. The van der Waals surface area contributed by atoms with Gasteiger partial charge in [0.25, 0.3) is 0 Å². The van der Waals surface area contributed by atoms with Crippen LogP contribution >= 0.6 is 0 Å². The van der Waals surface area contributed by atoms with Crippen molar-refractivity contribution in [3.8, 4) is 0 Å². The van der Waals surface area contributed by atoms with Gasteiger partial charge in [-0.15, -0.1) is 0 Å². The van der Waals surface area contributed by atoms with E-state index in [1.807, 2.05) is 18.2 Å². The second kappa shape index (κ2) is 9.50. The van der Waals surface area contributed by atoms with Crippen LogP contribution in [-0.4, -0.2) is 26.9 Å². The summed E-state index contributed by atoms with van der Waals surface area (Å²) < 4.78 is 36.7. The zero-order chi connectivity index (χ0) is 21.6. The van der Waals surface area contributed by atoms with Crippen LogP contribution in [0.4, 0.5) is 4.39 Å². The van der Waals surface area contributed by atoms with Gasteiger partial charge in [-0.25, -0.2) is 12.8 Å². The SMILES string of the molecule is CS(=O)(=O)c1ccc(C(=N)/C(=C\NCCc2ccccc2)c2ccc(F)cc2)cc1. The molecule has 3 rings (SSSR count). The fraction of sp³-hybridized carbons (Fsp3) is 0.125. The molecule has 0 aliphatic carbocycles. The van der Waals surface area contributed by atoms with Crippen LogP contribution in [-0.2, 0) is 16.3 Å². The van der Waals surface area contributed by atoms with Crippen molar-refractivity contribution in [1.82, 2.24) is 5.32 Å². The van der Waals surface area contributed by atoms with Crippen LogP contribution in [0.25, 0.3) is 5.57 Å². The number of sulfone groups is 1. The van der Waals surface area contributed by atoms with Crippen molar-refractivity contribution in [1.29, 1.82) is 5.41 Å². The Labute approximate surface area is 176 Å². The molecule has 2 N–H and O–H groups in total. The van der Waals surface area contributed by atoms with Gasteiger partial charge in [-0.3, -0.25) is 5.41 Å². The highest BCUT2D eigenvalue weighted by Gasteiger charge is 2.13. The molecule has 154 valence electrons. The van der Waals surface area contributed by atoms with Gasteiger partial charge in [0.1, 0.15) is 5.82 Å². The van der Waals surface area contributed by atoms with E-state index in [0.717, 1.165) is 12.7 Å².